The van der Waals surface area contributed by atoms with E-state index in [9.17, 15) is 14.4 Å². The van der Waals surface area contributed by atoms with Crippen LogP contribution in [0.3, 0.4) is 0 Å². The van der Waals surface area contributed by atoms with Gasteiger partial charge in [-0.3, -0.25) is 9.59 Å². The van der Waals surface area contributed by atoms with Crippen molar-refractivity contribution < 1.29 is 19.1 Å². The molecule has 0 unspecified atom stereocenters. The molecule has 6 nitrogen and oxygen atoms in total. The first-order valence-electron chi connectivity index (χ1n) is 8.29. The summed E-state index contributed by atoms with van der Waals surface area (Å²) in [6.07, 6.45) is 4.35. The summed E-state index contributed by atoms with van der Waals surface area (Å²) in [6.45, 7) is 1.69. The lowest BCUT2D eigenvalue weighted by Crippen LogP contribution is -2.22. The molecule has 8 heteroatoms. The van der Waals surface area contributed by atoms with Crippen LogP contribution >= 0.6 is 22.7 Å². The van der Waals surface area contributed by atoms with Crippen LogP contribution in [-0.2, 0) is 16.0 Å². The van der Waals surface area contributed by atoms with E-state index in [0.717, 1.165) is 10.6 Å². The Morgan fingerprint density at radius 3 is 2.67 bits per heavy atom. The highest BCUT2D eigenvalue weighted by molar-refractivity contribution is 7.14. The molecule has 0 aromatic carbocycles. The van der Waals surface area contributed by atoms with Gasteiger partial charge in [-0.2, -0.15) is 0 Å². The van der Waals surface area contributed by atoms with Crippen LogP contribution in [0.1, 0.15) is 31.1 Å². The first-order valence-corrected chi connectivity index (χ1v) is 9.98. The average molecular weight is 402 g/mol. The monoisotopic (exact) mass is 402 g/mol. The van der Waals surface area contributed by atoms with Crippen LogP contribution in [0.4, 0.5) is 0 Å². The van der Waals surface area contributed by atoms with Gasteiger partial charge in [0.05, 0.1) is 10.6 Å². The number of carbonyl (C=O) groups is 3. The molecule has 0 aliphatic rings. The van der Waals surface area contributed by atoms with Crippen LogP contribution in [0.5, 0.6) is 0 Å². The Kier molecular flexibility index (Phi) is 6.20. The maximum absolute atomic E-state index is 12.4. The van der Waals surface area contributed by atoms with E-state index in [1.807, 2.05) is 46.6 Å². The van der Waals surface area contributed by atoms with Crippen LogP contribution in [0.15, 0.2) is 48.1 Å². The fourth-order valence-corrected chi connectivity index (χ4v) is 4.16. The second kappa shape index (κ2) is 8.79. The van der Waals surface area contributed by atoms with Gasteiger partial charge < -0.3 is 14.6 Å². The van der Waals surface area contributed by atoms with Crippen molar-refractivity contribution in [3.8, 4) is 5.69 Å². The van der Waals surface area contributed by atoms with Crippen molar-refractivity contribution in [2.75, 3.05) is 13.2 Å². The largest absolute Gasteiger partial charge is 0.453 e. The van der Waals surface area contributed by atoms with E-state index in [1.54, 1.807) is 6.07 Å². The molecule has 3 aromatic rings. The van der Waals surface area contributed by atoms with Gasteiger partial charge in [-0.25, -0.2) is 4.79 Å². The van der Waals surface area contributed by atoms with Crippen molar-refractivity contribution in [1.82, 2.24) is 9.88 Å². The zero-order valence-corrected chi connectivity index (χ0v) is 16.3. The van der Waals surface area contributed by atoms with Gasteiger partial charge in [0.25, 0.3) is 0 Å². The van der Waals surface area contributed by atoms with Crippen molar-refractivity contribution >= 4 is 40.3 Å². The number of hydrogen-bond donors (Lipinski definition) is 1. The van der Waals surface area contributed by atoms with Crippen LogP contribution in [0.2, 0.25) is 0 Å². The lowest BCUT2D eigenvalue weighted by molar-refractivity contribution is -0.118. The van der Waals surface area contributed by atoms with Crippen molar-refractivity contribution in [2.24, 2.45) is 0 Å². The number of nitrogens with zero attached hydrogens (tertiary/aromatic N) is 1. The number of amides is 1. The number of esters is 1. The Balaban J connectivity index is 1.55. The van der Waals surface area contributed by atoms with Gasteiger partial charge in [0.1, 0.15) is 4.88 Å². The lowest BCUT2D eigenvalue weighted by atomic mass is 10.3. The predicted molar refractivity (Wildman–Crippen MR) is 105 cm³/mol. The molecule has 0 aliphatic heterocycles. The van der Waals surface area contributed by atoms with Gasteiger partial charge in [-0.15, -0.1) is 22.7 Å². The molecule has 0 saturated heterocycles. The molecule has 0 bridgehead atoms. The van der Waals surface area contributed by atoms with E-state index in [0.29, 0.717) is 22.7 Å². The first kappa shape index (κ1) is 19.1. The van der Waals surface area contributed by atoms with Crippen molar-refractivity contribution in [1.29, 1.82) is 0 Å². The molecule has 1 N–H and O–H groups in total. The number of aromatic nitrogens is 1. The fraction of sp³-hybridized carbons (Fsp3) is 0.211. The topological polar surface area (TPSA) is 77.4 Å². The summed E-state index contributed by atoms with van der Waals surface area (Å²) in [7, 11) is 0. The summed E-state index contributed by atoms with van der Waals surface area (Å²) < 4.78 is 7.05. The molecule has 3 heterocycles. The minimum absolute atomic E-state index is 0.0809. The summed E-state index contributed by atoms with van der Waals surface area (Å²) in [4.78, 5) is 37.5. The normalized spacial score (nSPS) is 10.6. The van der Waals surface area contributed by atoms with Gasteiger partial charge in [0.2, 0.25) is 11.7 Å². The number of rotatable bonds is 8. The zero-order chi connectivity index (χ0) is 19.2. The van der Waals surface area contributed by atoms with Gasteiger partial charge >= 0.3 is 5.97 Å². The Morgan fingerprint density at radius 2 is 1.93 bits per heavy atom. The van der Waals surface area contributed by atoms with E-state index >= 15 is 0 Å². The standard InChI is InChI=1S/C19H18N2O4S2/c1-13(22)20-8-6-14-4-5-17(27-14)16(23)12-25-19(24)18-15(7-11-26-18)21-9-2-3-10-21/h2-5,7,9-11H,6,8,12H2,1H3,(H,20,22). The molecule has 3 aromatic heterocycles. The second-order valence-electron chi connectivity index (χ2n) is 5.72. The molecule has 0 aliphatic carbocycles. The zero-order valence-electron chi connectivity index (χ0n) is 14.6. The molecule has 27 heavy (non-hydrogen) atoms. The number of thiophene rings is 2. The number of ketones is 1. The highest BCUT2D eigenvalue weighted by Crippen LogP contribution is 2.23. The number of carbonyl (C=O) groups excluding carboxylic acids is 3. The van der Waals surface area contributed by atoms with Gasteiger partial charge in [0, 0.05) is 30.7 Å². The maximum atomic E-state index is 12.4. The molecule has 0 atom stereocenters. The minimum atomic E-state index is -0.510. The highest BCUT2D eigenvalue weighted by atomic mass is 32.1. The third-order valence-electron chi connectivity index (χ3n) is 3.73. The fourth-order valence-electron chi connectivity index (χ4n) is 2.45. The summed E-state index contributed by atoms with van der Waals surface area (Å²) in [5.74, 6) is -0.828. The number of nitrogens with one attached hydrogen (secondary N) is 1. The quantitative estimate of drug-likeness (QED) is 0.463. The lowest BCUT2D eigenvalue weighted by Gasteiger charge is -2.05. The Hall–Kier alpha value is -2.71. The maximum Gasteiger partial charge on any atom is 0.350 e. The summed E-state index contributed by atoms with van der Waals surface area (Å²) in [5, 5.41) is 4.53. The van der Waals surface area contributed by atoms with Gasteiger partial charge in [-0.1, -0.05) is 0 Å². The molecular formula is C19H18N2O4S2. The predicted octanol–water partition coefficient (Wildman–Crippen LogP) is 3.32. The van der Waals surface area contributed by atoms with Crippen LogP contribution < -0.4 is 5.32 Å². The number of Topliss-reactive ketones (excluding diaryl/α,β-unsaturated/α-hetero) is 1. The molecule has 0 radical (unpaired) electrons. The van der Waals surface area contributed by atoms with Crippen LogP contribution in [-0.4, -0.2) is 35.4 Å². The van der Waals surface area contributed by atoms with Crippen molar-refractivity contribution in [3.63, 3.8) is 0 Å². The molecule has 140 valence electrons. The minimum Gasteiger partial charge on any atom is -0.453 e. The van der Waals surface area contributed by atoms with Crippen LogP contribution in [0.25, 0.3) is 5.69 Å². The van der Waals surface area contributed by atoms with E-state index in [1.165, 1.54) is 29.6 Å². The summed E-state index contributed by atoms with van der Waals surface area (Å²) in [6, 6.07) is 9.15. The third-order valence-corrected chi connectivity index (χ3v) is 5.80. The van der Waals surface area contributed by atoms with E-state index in [4.69, 9.17) is 4.74 Å². The SMILES string of the molecule is CC(=O)NCCc1ccc(C(=O)COC(=O)c2sccc2-n2cccc2)s1. The highest BCUT2D eigenvalue weighted by Gasteiger charge is 2.18. The van der Waals surface area contributed by atoms with Crippen molar-refractivity contribution in [3.05, 3.63) is 62.7 Å². The molecule has 1 amide bonds. The Morgan fingerprint density at radius 1 is 1.15 bits per heavy atom. The van der Waals surface area contributed by atoms with Crippen molar-refractivity contribution in [2.45, 2.75) is 13.3 Å². The van der Waals surface area contributed by atoms with Crippen LogP contribution in [0, 0.1) is 0 Å². The first-order chi connectivity index (χ1) is 13.0. The summed E-state index contributed by atoms with van der Waals surface area (Å²) >= 11 is 2.63. The van der Waals surface area contributed by atoms with E-state index in [2.05, 4.69) is 5.32 Å². The Bertz CT molecular complexity index is 941. The third kappa shape index (κ3) is 4.93. The van der Waals surface area contributed by atoms with Gasteiger partial charge in [0.15, 0.2) is 6.61 Å². The van der Waals surface area contributed by atoms with E-state index < -0.39 is 5.97 Å². The molecule has 0 spiro atoms. The molecule has 0 saturated carbocycles. The smallest absolute Gasteiger partial charge is 0.350 e. The molecule has 3 rings (SSSR count). The van der Waals surface area contributed by atoms with Gasteiger partial charge in [-0.05, 0) is 42.1 Å². The summed E-state index contributed by atoms with van der Waals surface area (Å²) in [5.41, 5.74) is 0.735. The number of hydrogen-bond acceptors (Lipinski definition) is 6. The Labute approximate surface area is 164 Å². The average Bonchev–Trinajstić information content (AvgIpc) is 3.39. The second-order valence-corrected chi connectivity index (χ2v) is 7.81. The molecule has 0 fully saturated rings. The molecular weight excluding hydrogens is 384 g/mol. The van der Waals surface area contributed by atoms with E-state index in [-0.39, 0.29) is 18.3 Å². The number of ether oxygens (including phenoxy) is 1.